The Balaban J connectivity index is 2.02. The molecule has 0 spiro atoms. The molecule has 11 heteroatoms. The quantitative estimate of drug-likeness (QED) is 0.657. The van der Waals surface area contributed by atoms with E-state index in [1.165, 1.54) is 4.57 Å². The lowest BCUT2D eigenvalue weighted by molar-refractivity contribution is -0.0297. The largest absolute Gasteiger partial charge is 0.476 e. The first kappa shape index (κ1) is 22.7. The van der Waals surface area contributed by atoms with Gasteiger partial charge in [0.25, 0.3) is 0 Å². The Morgan fingerprint density at radius 2 is 1.62 bits per heavy atom. The zero-order chi connectivity index (χ0) is 21.8. The van der Waals surface area contributed by atoms with E-state index in [1.54, 1.807) is 6.07 Å². The number of hydrogen-bond acceptors (Lipinski definition) is 7. The van der Waals surface area contributed by atoms with Crippen molar-refractivity contribution in [1.29, 1.82) is 0 Å². The van der Waals surface area contributed by atoms with Gasteiger partial charge in [-0.1, -0.05) is 19.6 Å². The molecule has 4 atom stereocenters. The summed E-state index contributed by atoms with van der Waals surface area (Å²) in [5.74, 6) is 1.02. The van der Waals surface area contributed by atoms with Gasteiger partial charge in [0.2, 0.25) is 5.88 Å². The van der Waals surface area contributed by atoms with Crippen LogP contribution in [0.2, 0.25) is 58.9 Å². The number of rotatable bonds is 6. The van der Waals surface area contributed by atoms with Crippen molar-refractivity contribution in [2.75, 3.05) is 11.6 Å². The first-order chi connectivity index (χ1) is 13.1. The highest BCUT2D eigenvalue weighted by Crippen LogP contribution is 2.40. The minimum absolute atomic E-state index is 0.266. The fraction of sp³-hybridized carbons (Fsp3) is 0.778. The van der Waals surface area contributed by atoms with E-state index in [0.717, 1.165) is 0 Å². The summed E-state index contributed by atoms with van der Waals surface area (Å²) < 4.78 is 26.7. The molecule has 1 saturated heterocycles. The van der Waals surface area contributed by atoms with Crippen LogP contribution in [0.3, 0.4) is 0 Å². The highest BCUT2D eigenvalue weighted by Gasteiger charge is 2.52. The molecule has 2 aliphatic rings. The zero-order valence-electron chi connectivity index (χ0n) is 19.0. The van der Waals surface area contributed by atoms with Gasteiger partial charge in [0, 0.05) is 6.07 Å². The average molecular weight is 458 g/mol. The van der Waals surface area contributed by atoms with Gasteiger partial charge in [-0.25, -0.2) is 9.36 Å². The molecule has 0 aliphatic carbocycles. The monoisotopic (exact) mass is 457 g/mol. The van der Waals surface area contributed by atoms with E-state index in [4.69, 9.17) is 18.3 Å². The van der Waals surface area contributed by atoms with Crippen LogP contribution in [0.15, 0.2) is 10.9 Å². The van der Waals surface area contributed by atoms with Crippen molar-refractivity contribution in [3.05, 3.63) is 16.6 Å². The fourth-order valence-electron chi connectivity index (χ4n) is 3.57. The summed E-state index contributed by atoms with van der Waals surface area (Å²) in [5, 5.41) is 0. The van der Waals surface area contributed by atoms with Gasteiger partial charge in [-0.05, 0) is 39.3 Å². The first-order valence-electron chi connectivity index (χ1n) is 10.2. The van der Waals surface area contributed by atoms with Gasteiger partial charge in [-0.2, -0.15) is 4.98 Å². The Morgan fingerprint density at radius 1 is 1.03 bits per heavy atom. The van der Waals surface area contributed by atoms with Crippen LogP contribution in [-0.4, -0.2) is 59.3 Å². The van der Waals surface area contributed by atoms with Gasteiger partial charge in [0.05, 0.1) is 0 Å². The lowest BCUT2D eigenvalue weighted by Gasteiger charge is -2.35. The molecular weight excluding hydrogens is 422 g/mol. The third-order valence-corrected chi connectivity index (χ3v) is 7.30. The van der Waals surface area contributed by atoms with Crippen LogP contribution in [-0.2, 0) is 13.6 Å². The van der Waals surface area contributed by atoms with Crippen molar-refractivity contribution in [2.24, 2.45) is 0 Å². The predicted octanol–water partition coefficient (Wildman–Crippen LogP) is 3.22. The van der Waals surface area contributed by atoms with Crippen molar-refractivity contribution >= 4 is 30.7 Å². The summed E-state index contributed by atoms with van der Waals surface area (Å²) in [6, 6.07) is 1.80. The summed E-state index contributed by atoms with van der Waals surface area (Å²) in [6.07, 6.45) is -1.53. The van der Waals surface area contributed by atoms with E-state index >= 15 is 0 Å². The maximum atomic E-state index is 13.0. The average Bonchev–Trinajstić information content (AvgIpc) is 2.68. The molecule has 164 valence electrons. The van der Waals surface area contributed by atoms with E-state index < -0.39 is 36.8 Å². The second-order valence-corrected chi connectivity index (χ2v) is 24.4. The molecule has 2 aliphatic heterocycles. The molecule has 1 aromatic heterocycles. The van der Waals surface area contributed by atoms with Gasteiger partial charge in [-0.3, -0.25) is 0 Å². The van der Waals surface area contributed by atoms with Crippen molar-refractivity contribution in [1.82, 2.24) is 9.55 Å². The van der Waals surface area contributed by atoms with E-state index in [0.29, 0.717) is 18.3 Å². The molecule has 0 aromatic carbocycles. The summed E-state index contributed by atoms with van der Waals surface area (Å²) in [7, 11) is -5.45. The third-order valence-electron chi connectivity index (χ3n) is 4.34. The smallest absolute Gasteiger partial charge is 0.354 e. The Morgan fingerprint density at radius 3 is 2.17 bits per heavy atom. The molecule has 1 N–H and O–H groups in total. The van der Waals surface area contributed by atoms with Crippen LogP contribution < -0.4 is 15.4 Å². The SMILES string of the molecule is C[Si](C)(C)Nc1cc2n(c(=O)n1)C1OC(CO2)C(O[Si](C)(C)C)C1O[Si](C)(C)C. The number of anilines is 1. The first-order valence-corrected chi connectivity index (χ1v) is 20.5. The van der Waals surface area contributed by atoms with Crippen molar-refractivity contribution in [3.63, 3.8) is 0 Å². The van der Waals surface area contributed by atoms with Crippen LogP contribution in [0.5, 0.6) is 5.88 Å². The Kier molecular flexibility index (Phi) is 5.95. The number of fused-ring (bicyclic) bond motifs is 4. The molecule has 0 amide bonds. The molecule has 0 saturated carbocycles. The zero-order valence-corrected chi connectivity index (χ0v) is 22.0. The Labute approximate surface area is 176 Å². The molecule has 0 radical (unpaired) electrons. The van der Waals surface area contributed by atoms with E-state index in [-0.39, 0.29) is 18.3 Å². The van der Waals surface area contributed by atoms with Gasteiger partial charge in [-0.15, -0.1) is 0 Å². The topological polar surface area (TPSA) is 83.8 Å². The van der Waals surface area contributed by atoms with E-state index in [2.05, 4.69) is 68.9 Å². The molecule has 4 unspecified atom stereocenters. The Hall–Kier alpha value is -0.989. The fourth-order valence-corrected chi connectivity index (χ4v) is 6.63. The molecule has 29 heavy (non-hydrogen) atoms. The van der Waals surface area contributed by atoms with Crippen LogP contribution in [0, 0.1) is 0 Å². The minimum atomic E-state index is -1.92. The van der Waals surface area contributed by atoms with E-state index in [9.17, 15) is 4.79 Å². The summed E-state index contributed by atoms with van der Waals surface area (Å²) in [5.41, 5.74) is -0.397. The predicted molar refractivity (Wildman–Crippen MR) is 121 cm³/mol. The normalized spacial score (nSPS) is 27.2. The van der Waals surface area contributed by atoms with Gasteiger partial charge >= 0.3 is 5.69 Å². The van der Waals surface area contributed by atoms with Crippen LogP contribution in [0.1, 0.15) is 6.23 Å². The second kappa shape index (κ2) is 7.61. The molecule has 8 nitrogen and oxygen atoms in total. The number of nitrogens with zero attached hydrogens (tertiary/aromatic N) is 2. The van der Waals surface area contributed by atoms with Crippen LogP contribution in [0.4, 0.5) is 5.82 Å². The van der Waals surface area contributed by atoms with Gasteiger partial charge in [0.1, 0.15) is 39.0 Å². The molecule has 1 fully saturated rings. The van der Waals surface area contributed by atoms with Crippen LogP contribution >= 0.6 is 0 Å². The molecule has 1 aromatic rings. The lowest BCUT2D eigenvalue weighted by atomic mass is 10.1. The minimum Gasteiger partial charge on any atom is -0.476 e. The van der Waals surface area contributed by atoms with Gasteiger partial charge < -0.3 is 23.3 Å². The standard InChI is InChI=1S/C18H35N3O5Si3/c1-27(2,3)20-13-10-14-21(18(22)19-13)17-16(26-29(7,8)9)15(25-28(4,5)6)12(24-17)11-23-14/h10,12,15-17H,11H2,1-9H3,(H,19,20,22). The summed E-state index contributed by atoms with van der Waals surface area (Å²) in [4.78, 5) is 20.6. The van der Waals surface area contributed by atoms with E-state index in [1.807, 2.05) is 0 Å². The summed E-state index contributed by atoms with van der Waals surface area (Å²) in [6.45, 7) is 19.6. The molecule has 3 rings (SSSR count). The number of hydrogen-bond donors (Lipinski definition) is 1. The number of aromatic nitrogens is 2. The maximum Gasteiger partial charge on any atom is 0.354 e. The van der Waals surface area contributed by atoms with Crippen molar-refractivity contribution in [2.45, 2.75) is 83.5 Å². The summed E-state index contributed by atoms with van der Waals surface area (Å²) >= 11 is 0. The van der Waals surface area contributed by atoms with Crippen molar-refractivity contribution in [3.8, 4) is 5.88 Å². The number of nitrogens with one attached hydrogen (secondary N) is 1. The van der Waals surface area contributed by atoms with Gasteiger partial charge in [0.15, 0.2) is 22.9 Å². The van der Waals surface area contributed by atoms with Crippen molar-refractivity contribution < 1.29 is 18.3 Å². The molecular formula is C18H35N3O5Si3. The third kappa shape index (κ3) is 5.58. The Bertz CT molecular complexity index is 813. The highest BCUT2D eigenvalue weighted by atomic mass is 28.4. The molecule has 2 bridgehead atoms. The second-order valence-electron chi connectivity index (χ2n) is 10.8. The lowest BCUT2D eigenvalue weighted by Crippen LogP contribution is -2.50. The number of ether oxygens (including phenoxy) is 2. The highest BCUT2D eigenvalue weighted by molar-refractivity contribution is 6.79. The molecule has 3 heterocycles. The maximum absolute atomic E-state index is 13.0. The van der Waals surface area contributed by atoms with Crippen LogP contribution in [0.25, 0.3) is 0 Å².